The van der Waals surface area contributed by atoms with E-state index in [0.29, 0.717) is 5.92 Å². The highest BCUT2D eigenvalue weighted by Crippen LogP contribution is 2.44. The molecule has 0 spiro atoms. The number of nitrogens with one attached hydrogen (secondary N) is 1. The van der Waals surface area contributed by atoms with Gasteiger partial charge in [-0.25, -0.2) is 3.97 Å². The van der Waals surface area contributed by atoms with E-state index in [1.807, 2.05) is 0 Å². The molecule has 0 bridgehead atoms. The second-order valence-corrected chi connectivity index (χ2v) is 7.10. The van der Waals surface area contributed by atoms with Gasteiger partial charge in [0.25, 0.3) is 0 Å². The fraction of sp³-hybridized carbons (Fsp3) is 0.300. The number of rotatable bonds is 5. The van der Waals surface area contributed by atoms with Gasteiger partial charge in [-0.2, -0.15) is 0 Å². The lowest BCUT2D eigenvalue weighted by Crippen LogP contribution is -2.25. The largest absolute Gasteiger partial charge is 0.478 e. The van der Waals surface area contributed by atoms with Crippen LogP contribution in [0.5, 0.6) is 5.88 Å². The highest BCUT2D eigenvalue weighted by atomic mass is 32.2. The van der Waals surface area contributed by atoms with Crippen LogP contribution in [-0.4, -0.2) is 23.7 Å². The molecule has 0 fully saturated rings. The summed E-state index contributed by atoms with van der Waals surface area (Å²) >= 11 is 1.74. The molecular weight excluding hydrogens is 316 g/mol. The average molecular weight is 338 g/mol. The van der Waals surface area contributed by atoms with Crippen molar-refractivity contribution in [2.75, 3.05) is 19.7 Å². The first-order valence-electron chi connectivity index (χ1n) is 8.58. The van der Waals surface area contributed by atoms with Crippen LogP contribution in [0.2, 0.25) is 0 Å². The summed E-state index contributed by atoms with van der Waals surface area (Å²) in [7, 11) is 0. The van der Waals surface area contributed by atoms with Gasteiger partial charge in [-0.3, -0.25) is 0 Å². The van der Waals surface area contributed by atoms with Crippen molar-refractivity contribution in [2.45, 2.75) is 24.2 Å². The summed E-state index contributed by atoms with van der Waals surface area (Å²) in [5.41, 5.74) is 2.60. The van der Waals surface area contributed by atoms with Gasteiger partial charge in [-0.1, -0.05) is 43.3 Å². The second kappa shape index (κ2) is 6.91. The topological polar surface area (TPSA) is 26.2 Å². The Kier molecular flexibility index (Phi) is 4.50. The predicted molar refractivity (Wildman–Crippen MR) is 101 cm³/mol. The number of ether oxygens (including phenoxy) is 1. The van der Waals surface area contributed by atoms with E-state index in [2.05, 4.69) is 70.8 Å². The molecule has 3 nitrogen and oxygen atoms in total. The second-order valence-electron chi connectivity index (χ2n) is 6.08. The van der Waals surface area contributed by atoms with Gasteiger partial charge < -0.3 is 10.1 Å². The summed E-state index contributed by atoms with van der Waals surface area (Å²) in [6, 6.07) is 19.1. The van der Waals surface area contributed by atoms with E-state index >= 15 is 0 Å². The van der Waals surface area contributed by atoms with E-state index in [0.717, 1.165) is 32.0 Å². The lowest BCUT2D eigenvalue weighted by atomic mass is 9.93. The van der Waals surface area contributed by atoms with Gasteiger partial charge in [0, 0.05) is 28.3 Å². The molecule has 3 aromatic rings. The normalized spacial score (nSPS) is 16.8. The number of aromatic nitrogens is 1. The molecule has 0 aliphatic carbocycles. The molecular formula is C20H22N2OS. The smallest absolute Gasteiger partial charge is 0.208 e. The van der Waals surface area contributed by atoms with E-state index in [1.54, 1.807) is 11.9 Å². The van der Waals surface area contributed by atoms with Crippen molar-refractivity contribution in [3.8, 4) is 5.88 Å². The van der Waals surface area contributed by atoms with Gasteiger partial charge in [0.15, 0.2) is 0 Å². The molecule has 0 saturated carbocycles. The Morgan fingerprint density at radius 3 is 2.75 bits per heavy atom. The average Bonchev–Trinajstić information content (AvgIpc) is 2.96. The van der Waals surface area contributed by atoms with Crippen LogP contribution in [0.4, 0.5) is 0 Å². The molecule has 1 unspecified atom stereocenters. The molecule has 0 saturated heterocycles. The summed E-state index contributed by atoms with van der Waals surface area (Å²) in [6.07, 6.45) is 1.07. The highest BCUT2D eigenvalue weighted by molar-refractivity contribution is 7.98. The Bertz CT molecular complexity index is 828. The van der Waals surface area contributed by atoms with Crippen LogP contribution in [0.1, 0.15) is 24.8 Å². The van der Waals surface area contributed by atoms with Crippen LogP contribution in [0.3, 0.4) is 0 Å². The molecule has 1 aliphatic rings. The number of para-hydroxylation sites is 1. The zero-order valence-corrected chi connectivity index (χ0v) is 14.7. The van der Waals surface area contributed by atoms with Crippen LogP contribution in [0.15, 0.2) is 59.5 Å². The van der Waals surface area contributed by atoms with Crippen molar-refractivity contribution in [1.29, 1.82) is 0 Å². The molecule has 2 aromatic carbocycles. The van der Waals surface area contributed by atoms with Crippen molar-refractivity contribution >= 4 is 22.9 Å². The summed E-state index contributed by atoms with van der Waals surface area (Å²) in [6.45, 7) is 4.96. The first-order chi connectivity index (χ1) is 11.9. The third-order valence-corrected chi connectivity index (χ3v) is 5.55. The molecule has 0 amide bonds. The molecule has 4 heteroatoms. The molecule has 4 rings (SSSR count). The SMILES string of the molecule is CCNCC1CCOc2c1c1ccccc1n2Sc1ccccc1. The maximum atomic E-state index is 6.14. The van der Waals surface area contributed by atoms with Crippen LogP contribution in [0, 0.1) is 0 Å². The van der Waals surface area contributed by atoms with E-state index in [4.69, 9.17) is 4.74 Å². The minimum Gasteiger partial charge on any atom is -0.478 e. The molecule has 124 valence electrons. The van der Waals surface area contributed by atoms with Crippen molar-refractivity contribution in [3.63, 3.8) is 0 Å². The molecule has 2 heterocycles. The van der Waals surface area contributed by atoms with E-state index in [9.17, 15) is 0 Å². The number of likely N-dealkylation sites (N-methyl/N-ethyl adjacent to an activating group) is 1. The van der Waals surface area contributed by atoms with Gasteiger partial charge >= 0.3 is 0 Å². The molecule has 1 aromatic heterocycles. The molecule has 24 heavy (non-hydrogen) atoms. The monoisotopic (exact) mass is 338 g/mol. The Balaban J connectivity index is 1.82. The van der Waals surface area contributed by atoms with Crippen LogP contribution in [-0.2, 0) is 0 Å². The van der Waals surface area contributed by atoms with Crippen molar-refractivity contribution in [2.24, 2.45) is 0 Å². The summed E-state index contributed by atoms with van der Waals surface area (Å²) in [5.74, 6) is 1.54. The Labute approximate surface area is 147 Å². The van der Waals surface area contributed by atoms with Gasteiger partial charge in [-0.15, -0.1) is 0 Å². The number of fused-ring (bicyclic) bond motifs is 3. The third kappa shape index (κ3) is 2.80. The standard InChI is InChI=1S/C20H22N2OS/c1-2-21-14-15-12-13-23-20-19(15)17-10-6-7-11-18(17)22(20)24-16-8-4-3-5-9-16/h3-11,15,21H,2,12-14H2,1H3. The Morgan fingerprint density at radius 2 is 1.92 bits per heavy atom. The molecule has 1 N–H and O–H groups in total. The van der Waals surface area contributed by atoms with E-state index in [1.165, 1.54) is 21.4 Å². The summed E-state index contributed by atoms with van der Waals surface area (Å²) in [4.78, 5) is 1.22. The first-order valence-corrected chi connectivity index (χ1v) is 9.36. The van der Waals surface area contributed by atoms with Crippen molar-refractivity contribution < 1.29 is 4.74 Å². The fourth-order valence-corrected chi connectivity index (χ4v) is 4.37. The number of hydrogen-bond acceptors (Lipinski definition) is 3. The van der Waals surface area contributed by atoms with E-state index in [-0.39, 0.29) is 0 Å². The zero-order chi connectivity index (χ0) is 16.4. The van der Waals surface area contributed by atoms with Crippen LogP contribution >= 0.6 is 11.9 Å². The minimum absolute atomic E-state index is 0.510. The van der Waals surface area contributed by atoms with E-state index < -0.39 is 0 Å². The quantitative estimate of drug-likeness (QED) is 0.732. The maximum absolute atomic E-state index is 6.14. The zero-order valence-electron chi connectivity index (χ0n) is 13.9. The Hall–Kier alpha value is -1.91. The number of nitrogens with zero attached hydrogens (tertiary/aromatic N) is 1. The van der Waals surface area contributed by atoms with Crippen LogP contribution in [0.25, 0.3) is 10.9 Å². The highest BCUT2D eigenvalue weighted by Gasteiger charge is 2.29. The fourth-order valence-electron chi connectivity index (χ4n) is 3.39. The van der Waals surface area contributed by atoms with Crippen molar-refractivity contribution in [3.05, 3.63) is 60.2 Å². The van der Waals surface area contributed by atoms with Crippen molar-refractivity contribution in [1.82, 2.24) is 9.29 Å². The number of benzene rings is 2. The minimum atomic E-state index is 0.510. The molecule has 0 radical (unpaired) electrons. The van der Waals surface area contributed by atoms with Gasteiger partial charge in [0.05, 0.1) is 12.1 Å². The Morgan fingerprint density at radius 1 is 1.12 bits per heavy atom. The first kappa shape index (κ1) is 15.6. The van der Waals surface area contributed by atoms with Crippen LogP contribution < -0.4 is 10.1 Å². The molecule has 1 atom stereocenters. The maximum Gasteiger partial charge on any atom is 0.208 e. The van der Waals surface area contributed by atoms with Gasteiger partial charge in [0.2, 0.25) is 5.88 Å². The third-order valence-electron chi connectivity index (χ3n) is 4.52. The number of hydrogen-bond donors (Lipinski definition) is 1. The predicted octanol–water partition coefficient (Wildman–Crippen LogP) is 4.67. The lowest BCUT2D eigenvalue weighted by molar-refractivity contribution is 0.256. The summed E-state index contributed by atoms with van der Waals surface area (Å²) < 4.78 is 8.40. The lowest BCUT2D eigenvalue weighted by Gasteiger charge is -2.24. The molecule has 1 aliphatic heterocycles. The van der Waals surface area contributed by atoms with Gasteiger partial charge in [-0.05, 0) is 43.1 Å². The van der Waals surface area contributed by atoms with Gasteiger partial charge in [0.1, 0.15) is 0 Å². The summed E-state index contributed by atoms with van der Waals surface area (Å²) in [5, 5.41) is 4.83.